The van der Waals surface area contributed by atoms with Gasteiger partial charge in [-0.25, -0.2) is 0 Å². The van der Waals surface area contributed by atoms with Gasteiger partial charge in [0.05, 0.1) is 5.56 Å². The zero-order chi connectivity index (χ0) is 14.8. The van der Waals surface area contributed by atoms with E-state index in [1.54, 1.807) is 12.1 Å². The molecule has 1 N–H and O–H groups in total. The maximum absolute atomic E-state index is 13.1. The second-order valence-corrected chi connectivity index (χ2v) is 6.16. The second-order valence-electron chi connectivity index (χ2n) is 5.25. The molecule has 1 aromatic carbocycles. The van der Waals surface area contributed by atoms with Gasteiger partial charge in [0.25, 0.3) is 0 Å². The fourth-order valence-corrected chi connectivity index (χ4v) is 3.06. The predicted octanol–water partition coefficient (Wildman–Crippen LogP) is 3.51. The van der Waals surface area contributed by atoms with Crippen molar-refractivity contribution in [3.63, 3.8) is 0 Å². The Labute approximate surface area is 125 Å². The summed E-state index contributed by atoms with van der Waals surface area (Å²) in [4.78, 5) is 2.10. The highest BCUT2D eigenvalue weighted by molar-refractivity contribution is 9.10. The highest BCUT2D eigenvalue weighted by Gasteiger charge is 2.34. The number of benzene rings is 1. The normalized spacial score (nSPS) is 20.6. The standard InChI is InChI=1S/C14H18BrF3N2/c1-19-7-10-4-5-20(8-10)9-11-2-3-12(15)6-13(11)14(16,17)18/h2-3,6,10,19H,4-5,7-9H2,1H3. The van der Waals surface area contributed by atoms with Crippen LogP contribution in [0.2, 0.25) is 0 Å². The Morgan fingerprint density at radius 2 is 2.15 bits per heavy atom. The fraction of sp³-hybridized carbons (Fsp3) is 0.571. The van der Waals surface area contributed by atoms with Gasteiger partial charge in [0, 0.05) is 17.6 Å². The summed E-state index contributed by atoms with van der Waals surface area (Å²) in [5.74, 6) is 0.532. The zero-order valence-electron chi connectivity index (χ0n) is 11.3. The van der Waals surface area contributed by atoms with Crippen molar-refractivity contribution < 1.29 is 13.2 Å². The van der Waals surface area contributed by atoms with Gasteiger partial charge < -0.3 is 5.32 Å². The lowest BCUT2D eigenvalue weighted by Gasteiger charge is -2.20. The third-order valence-corrected chi connectivity index (χ3v) is 4.13. The second kappa shape index (κ2) is 6.45. The van der Waals surface area contributed by atoms with E-state index < -0.39 is 11.7 Å². The van der Waals surface area contributed by atoms with Crippen molar-refractivity contribution >= 4 is 15.9 Å². The Bertz CT molecular complexity index is 462. The number of likely N-dealkylation sites (tertiary alicyclic amines) is 1. The van der Waals surface area contributed by atoms with Crippen molar-refractivity contribution in [2.24, 2.45) is 5.92 Å². The van der Waals surface area contributed by atoms with E-state index in [-0.39, 0.29) is 0 Å². The molecule has 112 valence electrons. The number of rotatable bonds is 4. The van der Waals surface area contributed by atoms with E-state index in [9.17, 15) is 13.2 Å². The smallest absolute Gasteiger partial charge is 0.319 e. The maximum atomic E-state index is 13.1. The molecule has 0 spiro atoms. The van der Waals surface area contributed by atoms with Crippen molar-refractivity contribution in [1.82, 2.24) is 10.2 Å². The molecule has 20 heavy (non-hydrogen) atoms. The topological polar surface area (TPSA) is 15.3 Å². The molecular weight excluding hydrogens is 333 g/mol. The first kappa shape index (κ1) is 15.8. The number of hydrogen-bond donors (Lipinski definition) is 1. The van der Waals surface area contributed by atoms with Crippen LogP contribution in [0, 0.1) is 5.92 Å². The minimum atomic E-state index is -4.30. The summed E-state index contributed by atoms with van der Waals surface area (Å²) in [6.45, 7) is 3.00. The van der Waals surface area contributed by atoms with E-state index in [1.807, 2.05) is 7.05 Å². The van der Waals surface area contributed by atoms with Crippen LogP contribution in [-0.2, 0) is 12.7 Å². The molecule has 0 radical (unpaired) electrons. The lowest BCUT2D eigenvalue weighted by molar-refractivity contribution is -0.138. The van der Waals surface area contributed by atoms with E-state index >= 15 is 0 Å². The number of alkyl halides is 3. The van der Waals surface area contributed by atoms with Crippen LogP contribution < -0.4 is 5.32 Å². The molecule has 1 fully saturated rings. The van der Waals surface area contributed by atoms with Crippen molar-refractivity contribution in [2.75, 3.05) is 26.7 Å². The molecule has 1 atom stereocenters. The molecular formula is C14H18BrF3N2. The minimum absolute atomic E-state index is 0.353. The van der Waals surface area contributed by atoms with Gasteiger partial charge in [-0.2, -0.15) is 13.2 Å². The number of halogens is 4. The number of nitrogens with one attached hydrogen (secondary N) is 1. The summed E-state index contributed by atoms with van der Waals surface area (Å²) in [6, 6.07) is 4.40. The third-order valence-electron chi connectivity index (χ3n) is 3.63. The highest BCUT2D eigenvalue weighted by Crippen LogP contribution is 2.35. The first-order valence-electron chi connectivity index (χ1n) is 6.62. The summed E-state index contributed by atoms with van der Waals surface area (Å²) >= 11 is 3.11. The summed E-state index contributed by atoms with van der Waals surface area (Å²) in [6.07, 6.45) is -3.26. The molecule has 6 heteroatoms. The van der Waals surface area contributed by atoms with Crippen LogP contribution in [0.15, 0.2) is 22.7 Å². The van der Waals surface area contributed by atoms with E-state index in [4.69, 9.17) is 0 Å². The first-order chi connectivity index (χ1) is 9.40. The predicted molar refractivity (Wildman–Crippen MR) is 76.5 cm³/mol. The van der Waals surface area contributed by atoms with Crippen molar-refractivity contribution in [1.29, 1.82) is 0 Å². The average molecular weight is 351 g/mol. The Kier molecular flexibility index (Phi) is 5.09. The maximum Gasteiger partial charge on any atom is 0.416 e. The molecule has 1 saturated heterocycles. The van der Waals surface area contributed by atoms with Crippen LogP contribution in [0.1, 0.15) is 17.5 Å². The van der Waals surface area contributed by atoms with Crippen LogP contribution in [0.25, 0.3) is 0 Å². The van der Waals surface area contributed by atoms with Gasteiger partial charge in [0.15, 0.2) is 0 Å². The van der Waals surface area contributed by atoms with Gasteiger partial charge in [0.1, 0.15) is 0 Å². The van der Waals surface area contributed by atoms with Gasteiger partial charge in [-0.15, -0.1) is 0 Å². The lowest BCUT2D eigenvalue weighted by Crippen LogP contribution is -2.25. The third kappa shape index (κ3) is 3.96. The van der Waals surface area contributed by atoms with E-state index in [0.717, 1.165) is 32.1 Å². The largest absolute Gasteiger partial charge is 0.416 e. The molecule has 0 bridgehead atoms. The van der Waals surface area contributed by atoms with Gasteiger partial charge in [0.2, 0.25) is 0 Å². The molecule has 2 nitrogen and oxygen atoms in total. The summed E-state index contributed by atoms with van der Waals surface area (Å²) in [7, 11) is 1.90. The first-order valence-corrected chi connectivity index (χ1v) is 7.42. The van der Waals surface area contributed by atoms with Crippen LogP contribution in [0.3, 0.4) is 0 Å². The Balaban J connectivity index is 2.10. The summed E-state index contributed by atoms with van der Waals surface area (Å²) in [5.41, 5.74) is -0.185. The van der Waals surface area contributed by atoms with E-state index in [2.05, 4.69) is 26.1 Å². The minimum Gasteiger partial charge on any atom is -0.319 e. The zero-order valence-corrected chi connectivity index (χ0v) is 12.9. The SMILES string of the molecule is CNCC1CCN(Cc2ccc(Br)cc2C(F)(F)F)C1. The molecule has 0 amide bonds. The van der Waals surface area contributed by atoms with E-state index in [1.165, 1.54) is 0 Å². The molecule has 1 aromatic rings. The Morgan fingerprint density at radius 3 is 2.80 bits per heavy atom. The summed E-state index contributed by atoms with van der Waals surface area (Å²) < 4.78 is 39.6. The number of hydrogen-bond acceptors (Lipinski definition) is 2. The lowest BCUT2D eigenvalue weighted by atomic mass is 10.1. The monoisotopic (exact) mass is 350 g/mol. The quantitative estimate of drug-likeness (QED) is 0.893. The van der Waals surface area contributed by atoms with Crippen molar-refractivity contribution in [2.45, 2.75) is 19.1 Å². The Hall–Kier alpha value is -0.590. The van der Waals surface area contributed by atoms with E-state index in [0.29, 0.717) is 22.5 Å². The molecule has 0 aromatic heterocycles. The highest BCUT2D eigenvalue weighted by atomic mass is 79.9. The summed E-state index contributed by atoms with van der Waals surface area (Å²) in [5, 5.41) is 3.12. The molecule has 1 aliphatic rings. The van der Waals surface area contributed by atoms with Crippen LogP contribution in [0.4, 0.5) is 13.2 Å². The average Bonchev–Trinajstić information content (AvgIpc) is 2.78. The van der Waals surface area contributed by atoms with Gasteiger partial charge in [-0.1, -0.05) is 22.0 Å². The van der Waals surface area contributed by atoms with Crippen LogP contribution in [-0.4, -0.2) is 31.6 Å². The van der Waals surface area contributed by atoms with Gasteiger partial charge in [-0.05, 0) is 50.2 Å². The molecule has 0 aliphatic carbocycles. The van der Waals surface area contributed by atoms with Crippen molar-refractivity contribution in [3.05, 3.63) is 33.8 Å². The number of nitrogens with zero attached hydrogens (tertiary/aromatic N) is 1. The van der Waals surface area contributed by atoms with Crippen LogP contribution >= 0.6 is 15.9 Å². The molecule has 1 aliphatic heterocycles. The Morgan fingerprint density at radius 1 is 1.40 bits per heavy atom. The van der Waals surface area contributed by atoms with Crippen LogP contribution in [0.5, 0.6) is 0 Å². The van der Waals surface area contributed by atoms with Gasteiger partial charge >= 0.3 is 6.18 Å². The fourth-order valence-electron chi connectivity index (χ4n) is 2.70. The molecule has 2 rings (SSSR count). The molecule has 0 saturated carbocycles. The van der Waals surface area contributed by atoms with Gasteiger partial charge in [-0.3, -0.25) is 4.90 Å². The van der Waals surface area contributed by atoms with Crippen molar-refractivity contribution in [3.8, 4) is 0 Å². The molecule has 1 unspecified atom stereocenters. The molecule has 1 heterocycles.